The van der Waals surface area contributed by atoms with Gasteiger partial charge in [0.15, 0.2) is 0 Å². The van der Waals surface area contributed by atoms with Gasteiger partial charge in [0.1, 0.15) is 0 Å². The van der Waals surface area contributed by atoms with E-state index >= 15 is 0 Å². The van der Waals surface area contributed by atoms with Gasteiger partial charge >= 0.3 is 0 Å². The smallest absolute Gasteiger partial charge is 0.227 e. The molecule has 2 heterocycles. The fourth-order valence-electron chi connectivity index (χ4n) is 4.92. The molecule has 2 aliphatic heterocycles. The predicted molar refractivity (Wildman–Crippen MR) is 106 cm³/mol. The fraction of sp³-hybridized carbons (Fsp3) is 0.895. The summed E-state index contributed by atoms with van der Waals surface area (Å²) in [6, 6.07) is -0.131. The number of alkyl halides is 2. The minimum Gasteiger partial charge on any atom is -0.393 e. The number of halogens is 2. The van der Waals surface area contributed by atoms with Crippen molar-refractivity contribution in [3.8, 4) is 0 Å². The lowest BCUT2D eigenvalue weighted by molar-refractivity contribution is -0.137. The molecule has 27 heavy (non-hydrogen) atoms. The normalized spacial score (nSPS) is 36.4. The number of nitrogens with one attached hydrogen (secondary N) is 2. The molecule has 3 aliphatic rings. The number of aliphatic hydroxyl groups excluding tert-OH is 1. The summed E-state index contributed by atoms with van der Waals surface area (Å²) in [7, 11) is 0. The first kappa shape index (κ1) is 21.2. The third-order valence-electron chi connectivity index (χ3n) is 6.45. The Morgan fingerprint density at radius 3 is 2.41 bits per heavy atom. The number of amides is 2. The van der Waals surface area contributed by atoms with E-state index < -0.39 is 6.10 Å². The zero-order chi connectivity index (χ0) is 19.6. The Labute approximate surface area is 171 Å². The third-order valence-corrected chi connectivity index (χ3v) is 7.54. The summed E-state index contributed by atoms with van der Waals surface area (Å²) in [5, 5.41) is 16.5. The van der Waals surface area contributed by atoms with Crippen LogP contribution in [0.4, 0.5) is 0 Å². The summed E-state index contributed by atoms with van der Waals surface area (Å²) in [4.78, 5) is 26.4. The Balaban J connectivity index is 1.62. The molecule has 154 valence electrons. The Bertz CT molecular complexity index is 536. The van der Waals surface area contributed by atoms with Gasteiger partial charge in [0.05, 0.1) is 22.8 Å². The molecule has 1 aliphatic carbocycles. The fourth-order valence-corrected chi connectivity index (χ4v) is 5.51. The second-order valence-electron chi connectivity index (χ2n) is 8.31. The van der Waals surface area contributed by atoms with Crippen LogP contribution in [0.25, 0.3) is 0 Å². The largest absolute Gasteiger partial charge is 0.393 e. The lowest BCUT2D eigenvalue weighted by atomic mass is 9.73. The average molecular weight is 420 g/mol. The summed E-state index contributed by atoms with van der Waals surface area (Å²) >= 11 is 12.6. The number of hydrogen-bond acceptors (Lipinski definition) is 4. The van der Waals surface area contributed by atoms with E-state index in [0.717, 1.165) is 32.4 Å². The van der Waals surface area contributed by atoms with E-state index in [1.54, 1.807) is 0 Å². The highest BCUT2D eigenvalue weighted by molar-refractivity contribution is 6.30. The van der Waals surface area contributed by atoms with Gasteiger partial charge < -0.3 is 20.6 Å². The molecule has 0 spiro atoms. The Hall–Kier alpha value is -0.560. The van der Waals surface area contributed by atoms with E-state index in [1.165, 1.54) is 6.92 Å². The number of rotatable bonds is 4. The molecule has 2 saturated heterocycles. The number of nitrogens with zero attached hydrogens (tertiary/aromatic N) is 1. The van der Waals surface area contributed by atoms with Crippen molar-refractivity contribution in [1.29, 1.82) is 0 Å². The summed E-state index contributed by atoms with van der Waals surface area (Å²) in [5.74, 6) is 0.387. The first-order chi connectivity index (χ1) is 12.9. The van der Waals surface area contributed by atoms with Crippen LogP contribution >= 0.6 is 23.2 Å². The lowest BCUT2D eigenvalue weighted by Gasteiger charge is -2.44. The van der Waals surface area contributed by atoms with E-state index in [2.05, 4.69) is 10.6 Å². The van der Waals surface area contributed by atoms with Gasteiger partial charge in [-0.3, -0.25) is 9.59 Å². The monoisotopic (exact) mass is 419 g/mol. The van der Waals surface area contributed by atoms with Crippen molar-refractivity contribution in [2.45, 2.75) is 61.9 Å². The molecule has 2 amide bonds. The van der Waals surface area contributed by atoms with Crippen molar-refractivity contribution in [1.82, 2.24) is 15.5 Å². The van der Waals surface area contributed by atoms with Gasteiger partial charge in [0.2, 0.25) is 11.8 Å². The molecule has 0 bridgehead atoms. The second-order valence-corrected chi connectivity index (χ2v) is 9.43. The molecular formula is C19H31Cl2N3O3. The van der Waals surface area contributed by atoms with E-state index in [1.807, 2.05) is 4.90 Å². The van der Waals surface area contributed by atoms with Gasteiger partial charge in [-0.05, 0) is 44.6 Å². The minimum atomic E-state index is -0.566. The first-order valence-corrected chi connectivity index (χ1v) is 11.0. The van der Waals surface area contributed by atoms with Crippen molar-refractivity contribution in [2.24, 2.45) is 17.8 Å². The van der Waals surface area contributed by atoms with Crippen LogP contribution < -0.4 is 10.6 Å². The van der Waals surface area contributed by atoms with Crippen molar-refractivity contribution in [3.05, 3.63) is 0 Å². The zero-order valence-electron chi connectivity index (χ0n) is 15.9. The zero-order valence-corrected chi connectivity index (χ0v) is 17.4. The lowest BCUT2D eigenvalue weighted by Crippen LogP contribution is -2.55. The summed E-state index contributed by atoms with van der Waals surface area (Å²) in [6.07, 6.45) is 3.05. The van der Waals surface area contributed by atoms with Crippen LogP contribution in [0.1, 0.15) is 39.0 Å². The Morgan fingerprint density at radius 2 is 1.81 bits per heavy atom. The predicted octanol–water partition coefficient (Wildman–Crippen LogP) is 1.32. The van der Waals surface area contributed by atoms with E-state index in [-0.39, 0.29) is 46.4 Å². The van der Waals surface area contributed by atoms with Crippen molar-refractivity contribution < 1.29 is 14.7 Å². The molecule has 0 radical (unpaired) electrons. The topological polar surface area (TPSA) is 81.7 Å². The van der Waals surface area contributed by atoms with Crippen LogP contribution in [0, 0.1) is 17.8 Å². The molecule has 8 heteroatoms. The van der Waals surface area contributed by atoms with Gasteiger partial charge in [0, 0.05) is 38.5 Å². The molecule has 3 fully saturated rings. The van der Waals surface area contributed by atoms with E-state index in [0.29, 0.717) is 25.9 Å². The number of piperidine rings is 1. The molecule has 3 rings (SSSR count). The molecule has 6 nitrogen and oxygen atoms in total. The Morgan fingerprint density at radius 1 is 1.15 bits per heavy atom. The summed E-state index contributed by atoms with van der Waals surface area (Å²) in [6.45, 7) is 4.62. The Kier molecular flexibility index (Phi) is 7.28. The highest BCUT2D eigenvalue weighted by Crippen LogP contribution is 2.38. The maximum Gasteiger partial charge on any atom is 0.227 e. The van der Waals surface area contributed by atoms with Gasteiger partial charge in [-0.2, -0.15) is 0 Å². The highest BCUT2D eigenvalue weighted by Gasteiger charge is 2.43. The number of likely N-dealkylation sites (tertiary alicyclic amines) is 1. The van der Waals surface area contributed by atoms with Crippen LogP contribution in [0.5, 0.6) is 0 Å². The molecule has 3 N–H and O–H groups in total. The third kappa shape index (κ3) is 5.08. The minimum absolute atomic E-state index is 0.0955. The maximum atomic E-state index is 12.6. The summed E-state index contributed by atoms with van der Waals surface area (Å²) < 4.78 is 0. The van der Waals surface area contributed by atoms with E-state index in [9.17, 15) is 14.7 Å². The van der Waals surface area contributed by atoms with Crippen LogP contribution in [0.2, 0.25) is 0 Å². The molecule has 6 atom stereocenters. The molecule has 0 aromatic heterocycles. The van der Waals surface area contributed by atoms with Gasteiger partial charge in [0.25, 0.3) is 0 Å². The van der Waals surface area contributed by atoms with Crippen molar-refractivity contribution >= 4 is 35.0 Å². The number of carbonyl (C=O) groups excluding carboxylic acids is 2. The molecular weight excluding hydrogens is 389 g/mol. The molecule has 5 unspecified atom stereocenters. The standard InChI is InChI=1S/C19H31Cl2N3O3/c1-11(25)23-18(14-8-15(20)16(21)9-17(14)26)12-3-6-24(7-4-12)19(27)13-2-5-22-10-13/h12-18,22,26H,2-10H2,1H3,(H,23,25)/t13-,14?,15?,16?,17?,18?/m1/s1. The first-order valence-electron chi connectivity index (χ1n) is 10.1. The van der Waals surface area contributed by atoms with Crippen molar-refractivity contribution in [3.63, 3.8) is 0 Å². The molecule has 1 saturated carbocycles. The van der Waals surface area contributed by atoms with Gasteiger partial charge in [-0.15, -0.1) is 23.2 Å². The average Bonchev–Trinajstić information content (AvgIpc) is 3.17. The van der Waals surface area contributed by atoms with Crippen LogP contribution in [0.3, 0.4) is 0 Å². The van der Waals surface area contributed by atoms with Crippen LogP contribution in [0.15, 0.2) is 0 Å². The number of aliphatic hydroxyl groups is 1. The van der Waals surface area contributed by atoms with Crippen LogP contribution in [-0.4, -0.2) is 70.9 Å². The van der Waals surface area contributed by atoms with E-state index in [4.69, 9.17) is 23.2 Å². The quantitative estimate of drug-likeness (QED) is 0.600. The second kappa shape index (κ2) is 9.29. The number of carbonyl (C=O) groups is 2. The maximum absolute atomic E-state index is 12.6. The van der Waals surface area contributed by atoms with Gasteiger partial charge in [-0.1, -0.05) is 0 Å². The van der Waals surface area contributed by atoms with Crippen LogP contribution in [-0.2, 0) is 9.59 Å². The number of hydrogen-bond donors (Lipinski definition) is 3. The van der Waals surface area contributed by atoms with Crippen molar-refractivity contribution in [2.75, 3.05) is 26.2 Å². The SMILES string of the molecule is CC(=O)NC(C1CCN(C(=O)[C@@H]2CCNC2)CC1)C1CC(Cl)C(Cl)CC1O. The highest BCUT2D eigenvalue weighted by atomic mass is 35.5. The molecule has 0 aromatic rings. The summed E-state index contributed by atoms with van der Waals surface area (Å²) in [5.41, 5.74) is 0. The molecule has 0 aromatic carbocycles. The van der Waals surface area contributed by atoms with Gasteiger partial charge in [-0.25, -0.2) is 0 Å².